The highest BCUT2D eigenvalue weighted by molar-refractivity contribution is 5.81. The molecule has 2 aromatic carbocycles. The molecule has 0 atom stereocenters. The molecule has 5 nitrogen and oxygen atoms in total. The van der Waals surface area contributed by atoms with E-state index in [1.165, 1.54) is 5.56 Å². The quantitative estimate of drug-likeness (QED) is 0.795. The lowest BCUT2D eigenvalue weighted by molar-refractivity contribution is -0.140. The minimum Gasteiger partial charge on any atom is -0.465 e. The van der Waals surface area contributed by atoms with Crippen molar-refractivity contribution < 1.29 is 9.53 Å². The molecule has 2 aromatic rings. The number of ether oxygens (including phenoxy) is 1. The molecule has 3 rings (SSSR count). The van der Waals surface area contributed by atoms with Gasteiger partial charge in [0.05, 0.1) is 17.9 Å². The van der Waals surface area contributed by atoms with Gasteiger partial charge in [-0.05, 0) is 48.2 Å². The molecule has 140 valence electrons. The van der Waals surface area contributed by atoms with Gasteiger partial charge in [0, 0.05) is 13.1 Å². The van der Waals surface area contributed by atoms with Gasteiger partial charge in [-0.2, -0.15) is 5.26 Å². The maximum atomic E-state index is 11.8. The summed E-state index contributed by atoms with van der Waals surface area (Å²) in [6.07, 6.45) is 0.924. The average molecular weight is 363 g/mol. The summed E-state index contributed by atoms with van der Waals surface area (Å²) in [6, 6.07) is 14.4. The van der Waals surface area contributed by atoms with Crippen molar-refractivity contribution in [2.24, 2.45) is 0 Å². The molecule has 0 spiro atoms. The molecule has 0 bridgehead atoms. The number of likely N-dealkylation sites (N-methyl/N-ethyl adjacent to an activating group) is 1. The van der Waals surface area contributed by atoms with E-state index in [9.17, 15) is 10.1 Å². The Labute approximate surface area is 160 Å². The van der Waals surface area contributed by atoms with Crippen LogP contribution in [0, 0.1) is 11.3 Å². The van der Waals surface area contributed by atoms with Gasteiger partial charge >= 0.3 is 5.97 Å². The van der Waals surface area contributed by atoms with Gasteiger partial charge in [0.1, 0.15) is 12.6 Å². The molecule has 0 radical (unpaired) electrons. The standard InChI is InChI=1S/C22H25N3O2/c1-3-25-11-10-18-19(16-8-6-5-7-9-16)12-17(13-23)22(20(18)15-25)24-14-21(26)27-4-2/h5-9,12,24H,3-4,10-11,14-15H2,1-2H3. The summed E-state index contributed by atoms with van der Waals surface area (Å²) in [4.78, 5) is 14.2. The second-order valence-electron chi connectivity index (χ2n) is 6.56. The number of fused-ring (bicyclic) bond motifs is 1. The first-order valence-electron chi connectivity index (χ1n) is 9.44. The Balaban J connectivity index is 2.07. The topological polar surface area (TPSA) is 65.4 Å². The monoisotopic (exact) mass is 363 g/mol. The molecule has 27 heavy (non-hydrogen) atoms. The zero-order valence-electron chi connectivity index (χ0n) is 15.9. The van der Waals surface area contributed by atoms with Crippen LogP contribution in [0.15, 0.2) is 36.4 Å². The van der Waals surface area contributed by atoms with Crippen molar-refractivity contribution >= 4 is 11.7 Å². The van der Waals surface area contributed by atoms with Crippen LogP contribution in [0.1, 0.15) is 30.5 Å². The van der Waals surface area contributed by atoms with Gasteiger partial charge in [-0.15, -0.1) is 0 Å². The lowest BCUT2D eigenvalue weighted by Gasteiger charge is -2.31. The zero-order valence-corrected chi connectivity index (χ0v) is 15.9. The largest absolute Gasteiger partial charge is 0.465 e. The Morgan fingerprint density at radius 1 is 1.26 bits per heavy atom. The van der Waals surface area contributed by atoms with Gasteiger partial charge in [0.15, 0.2) is 0 Å². The number of anilines is 1. The van der Waals surface area contributed by atoms with Gasteiger partial charge in [-0.3, -0.25) is 9.69 Å². The number of nitriles is 1. The number of esters is 1. The van der Waals surface area contributed by atoms with Crippen molar-refractivity contribution in [1.29, 1.82) is 5.26 Å². The van der Waals surface area contributed by atoms with E-state index in [2.05, 4.69) is 35.3 Å². The minimum absolute atomic E-state index is 0.0613. The normalized spacial score (nSPS) is 13.5. The Kier molecular flexibility index (Phi) is 6.10. The summed E-state index contributed by atoms with van der Waals surface area (Å²) in [5, 5.41) is 12.9. The summed E-state index contributed by atoms with van der Waals surface area (Å²) in [5.74, 6) is -0.314. The van der Waals surface area contributed by atoms with Crippen LogP contribution in [0.3, 0.4) is 0 Å². The smallest absolute Gasteiger partial charge is 0.325 e. The highest BCUT2D eigenvalue weighted by Gasteiger charge is 2.24. The zero-order chi connectivity index (χ0) is 19.2. The first-order valence-corrected chi connectivity index (χ1v) is 9.44. The molecule has 0 fully saturated rings. The first-order chi connectivity index (χ1) is 13.2. The number of rotatable bonds is 6. The predicted octanol–water partition coefficient (Wildman–Crippen LogP) is 3.58. The lowest BCUT2D eigenvalue weighted by atomic mass is 9.87. The molecule has 1 aliphatic heterocycles. The summed E-state index contributed by atoms with van der Waals surface area (Å²) in [5.41, 5.74) is 5.93. The van der Waals surface area contributed by atoms with Gasteiger partial charge in [0.2, 0.25) is 0 Å². The van der Waals surface area contributed by atoms with E-state index in [1.807, 2.05) is 24.3 Å². The van der Waals surface area contributed by atoms with E-state index in [0.717, 1.165) is 48.4 Å². The van der Waals surface area contributed by atoms with Crippen LogP contribution >= 0.6 is 0 Å². The van der Waals surface area contributed by atoms with Gasteiger partial charge in [-0.25, -0.2) is 0 Å². The fourth-order valence-electron chi connectivity index (χ4n) is 3.62. The third-order valence-corrected chi connectivity index (χ3v) is 4.98. The molecule has 5 heteroatoms. The van der Waals surface area contributed by atoms with Crippen molar-refractivity contribution in [3.8, 4) is 17.2 Å². The van der Waals surface area contributed by atoms with Crippen LogP contribution in [-0.2, 0) is 22.5 Å². The van der Waals surface area contributed by atoms with E-state index in [0.29, 0.717) is 12.2 Å². The lowest BCUT2D eigenvalue weighted by Crippen LogP contribution is -2.32. The van der Waals surface area contributed by atoms with E-state index in [-0.39, 0.29) is 12.5 Å². The third kappa shape index (κ3) is 4.12. The number of hydrogen-bond acceptors (Lipinski definition) is 5. The van der Waals surface area contributed by atoms with Crippen LogP contribution in [0.2, 0.25) is 0 Å². The fourth-order valence-corrected chi connectivity index (χ4v) is 3.62. The van der Waals surface area contributed by atoms with E-state index < -0.39 is 0 Å². The van der Waals surface area contributed by atoms with E-state index >= 15 is 0 Å². The molecule has 1 N–H and O–H groups in total. The van der Waals surface area contributed by atoms with Crippen LogP contribution in [0.5, 0.6) is 0 Å². The van der Waals surface area contributed by atoms with Gasteiger partial charge in [-0.1, -0.05) is 37.3 Å². The van der Waals surface area contributed by atoms with Crippen molar-refractivity contribution in [1.82, 2.24) is 4.90 Å². The molecule has 1 aliphatic rings. The molecule has 0 aromatic heterocycles. The summed E-state index contributed by atoms with van der Waals surface area (Å²) in [6.45, 7) is 7.05. The minimum atomic E-state index is -0.314. The van der Waals surface area contributed by atoms with Crippen LogP contribution in [0.4, 0.5) is 5.69 Å². The Morgan fingerprint density at radius 2 is 2.04 bits per heavy atom. The highest BCUT2D eigenvalue weighted by Crippen LogP contribution is 2.37. The van der Waals surface area contributed by atoms with Gasteiger partial charge < -0.3 is 10.1 Å². The second kappa shape index (κ2) is 8.70. The maximum Gasteiger partial charge on any atom is 0.325 e. The van der Waals surface area contributed by atoms with Crippen molar-refractivity contribution in [2.45, 2.75) is 26.8 Å². The number of nitrogens with one attached hydrogen (secondary N) is 1. The molecule has 1 heterocycles. The SMILES string of the molecule is CCOC(=O)CNc1c(C#N)cc(-c2ccccc2)c2c1CN(CC)CC2. The summed E-state index contributed by atoms with van der Waals surface area (Å²) >= 11 is 0. The highest BCUT2D eigenvalue weighted by atomic mass is 16.5. The van der Waals surface area contributed by atoms with Crippen molar-refractivity contribution in [2.75, 3.05) is 31.6 Å². The molecule has 0 aliphatic carbocycles. The molecular formula is C22H25N3O2. The van der Waals surface area contributed by atoms with E-state index in [1.54, 1.807) is 6.92 Å². The second-order valence-corrected chi connectivity index (χ2v) is 6.56. The summed E-state index contributed by atoms with van der Waals surface area (Å²) in [7, 11) is 0. The Bertz CT molecular complexity index is 856. The molecule has 0 amide bonds. The Hall–Kier alpha value is -2.84. The van der Waals surface area contributed by atoms with Crippen molar-refractivity contribution in [3.63, 3.8) is 0 Å². The summed E-state index contributed by atoms with van der Waals surface area (Å²) < 4.78 is 5.02. The Morgan fingerprint density at radius 3 is 2.70 bits per heavy atom. The average Bonchev–Trinajstić information content (AvgIpc) is 2.72. The van der Waals surface area contributed by atoms with Crippen LogP contribution in [-0.4, -0.2) is 37.1 Å². The number of carbonyl (C=O) groups excluding carboxylic acids is 1. The van der Waals surface area contributed by atoms with Crippen LogP contribution < -0.4 is 5.32 Å². The molecule has 0 saturated carbocycles. The molecule has 0 saturated heterocycles. The number of carbonyl (C=O) groups is 1. The van der Waals surface area contributed by atoms with Crippen molar-refractivity contribution in [3.05, 3.63) is 53.1 Å². The van der Waals surface area contributed by atoms with Crippen LogP contribution in [0.25, 0.3) is 11.1 Å². The number of nitrogens with zero attached hydrogens (tertiary/aromatic N) is 2. The fraction of sp³-hybridized carbons (Fsp3) is 0.364. The number of benzene rings is 2. The number of hydrogen-bond donors (Lipinski definition) is 1. The molecular weight excluding hydrogens is 338 g/mol. The first kappa shape index (κ1) is 18.9. The predicted molar refractivity (Wildman–Crippen MR) is 106 cm³/mol. The molecule has 0 unspecified atom stereocenters. The van der Waals surface area contributed by atoms with E-state index in [4.69, 9.17) is 4.74 Å². The third-order valence-electron chi connectivity index (χ3n) is 4.98. The maximum absolute atomic E-state index is 11.8. The van der Waals surface area contributed by atoms with Gasteiger partial charge in [0.25, 0.3) is 0 Å².